The third-order valence-electron chi connectivity index (χ3n) is 3.53. The molecule has 0 aliphatic carbocycles. The maximum absolute atomic E-state index is 8.88. The molecule has 1 rings (SSSR count). The fourth-order valence-electron chi connectivity index (χ4n) is 2.02. The number of nitrogens with zero attached hydrogens (tertiary/aromatic N) is 4. The van der Waals surface area contributed by atoms with Gasteiger partial charge in [-0.05, 0) is 27.4 Å². The van der Waals surface area contributed by atoms with Crippen LogP contribution in [0.5, 0.6) is 0 Å². The minimum Gasteiger partial charge on any atom is -0.314 e. The summed E-state index contributed by atoms with van der Waals surface area (Å²) in [6.45, 7) is 9.44. The topological polar surface area (TPSA) is 59.5 Å². The summed E-state index contributed by atoms with van der Waals surface area (Å²) in [7, 11) is 4.22. The van der Waals surface area contributed by atoms with Crippen molar-refractivity contribution in [2.75, 3.05) is 59.9 Å². The lowest BCUT2D eigenvalue weighted by Gasteiger charge is -2.35. The Hall–Kier alpha value is -0.670. The molecule has 2 N–H and O–H groups in total. The third-order valence-corrected chi connectivity index (χ3v) is 3.53. The summed E-state index contributed by atoms with van der Waals surface area (Å²) in [4.78, 5) is 7.14. The van der Waals surface area contributed by atoms with Gasteiger partial charge < -0.3 is 15.5 Å². The minimum absolute atomic E-state index is 0.679. The molecular formula is C13H27N5. The van der Waals surface area contributed by atoms with E-state index < -0.39 is 5.54 Å². The van der Waals surface area contributed by atoms with E-state index in [1.807, 2.05) is 0 Å². The molecule has 0 spiro atoms. The van der Waals surface area contributed by atoms with Crippen LogP contribution < -0.4 is 5.73 Å². The Morgan fingerprint density at radius 3 is 2.11 bits per heavy atom. The van der Waals surface area contributed by atoms with Crippen LogP contribution in [0.25, 0.3) is 0 Å². The number of hydrogen-bond donors (Lipinski definition) is 1. The van der Waals surface area contributed by atoms with Gasteiger partial charge in [-0.2, -0.15) is 5.26 Å². The molecule has 0 saturated carbocycles. The Labute approximate surface area is 111 Å². The third kappa shape index (κ3) is 5.78. The summed E-state index contributed by atoms with van der Waals surface area (Å²) in [5.74, 6) is 0. The Morgan fingerprint density at radius 1 is 1.17 bits per heavy atom. The smallest absolute Gasteiger partial charge is 0.102 e. The standard InChI is InChI=1S/C13H27N5/c1-13(15,12-14)4-5-17-8-10-18(11-9-17)7-6-16(2)3/h4-11,15H2,1-3H3. The van der Waals surface area contributed by atoms with Gasteiger partial charge in [0.2, 0.25) is 0 Å². The quantitative estimate of drug-likeness (QED) is 0.710. The van der Waals surface area contributed by atoms with Crippen LogP contribution in [-0.2, 0) is 0 Å². The second kappa shape index (κ2) is 7.05. The summed E-state index contributed by atoms with van der Waals surface area (Å²) in [5, 5.41) is 8.88. The second-order valence-electron chi connectivity index (χ2n) is 5.77. The lowest BCUT2D eigenvalue weighted by molar-refractivity contribution is 0.121. The molecule has 18 heavy (non-hydrogen) atoms. The predicted octanol–water partition coefficient (Wildman–Crippen LogP) is -0.203. The highest BCUT2D eigenvalue weighted by Crippen LogP contribution is 2.08. The number of piperazine rings is 1. The van der Waals surface area contributed by atoms with Crippen molar-refractivity contribution < 1.29 is 0 Å². The van der Waals surface area contributed by atoms with Crippen LogP contribution in [0.15, 0.2) is 0 Å². The van der Waals surface area contributed by atoms with Gasteiger partial charge >= 0.3 is 0 Å². The molecule has 1 saturated heterocycles. The van der Waals surface area contributed by atoms with Crippen molar-refractivity contribution in [2.24, 2.45) is 5.73 Å². The first-order chi connectivity index (χ1) is 8.43. The predicted molar refractivity (Wildman–Crippen MR) is 74.3 cm³/mol. The summed E-state index contributed by atoms with van der Waals surface area (Å²) < 4.78 is 0. The van der Waals surface area contributed by atoms with Crippen molar-refractivity contribution in [1.29, 1.82) is 5.26 Å². The summed E-state index contributed by atoms with van der Waals surface area (Å²) in [6.07, 6.45) is 0.751. The molecule has 5 heteroatoms. The van der Waals surface area contributed by atoms with Crippen molar-refractivity contribution in [3.05, 3.63) is 0 Å². The van der Waals surface area contributed by atoms with Crippen LogP contribution >= 0.6 is 0 Å². The fourth-order valence-corrected chi connectivity index (χ4v) is 2.02. The van der Waals surface area contributed by atoms with Gasteiger partial charge in [0, 0.05) is 45.8 Å². The van der Waals surface area contributed by atoms with Crippen LogP contribution in [0.4, 0.5) is 0 Å². The zero-order valence-electron chi connectivity index (χ0n) is 12.0. The highest BCUT2D eigenvalue weighted by molar-refractivity contribution is 5.01. The zero-order valence-corrected chi connectivity index (χ0v) is 12.0. The van der Waals surface area contributed by atoms with Crippen molar-refractivity contribution >= 4 is 0 Å². The van der Waals surface area contributed by atoms with Gasteiger partial charge in [0.15, 0.2) is 0 Å². The monoisotopic (exact) mass is 253 g/mol. The van der Waals surface area contributed by atoms with Gasteiger partial charge in [-0.25, -0.2) is 0 Å². The molecule has 1 fully saturated rings. The molecule has 0 aromatic rings. The van der Waals surface area contributed by atoms with Crippen molar-refractivity contribution in [1.82, 2.24) is 14.7 Å². The molecule has 1 aliphatic heterocycles. The van der Waals surface area contributed by atoms with Crippen LogP contribution in [0, 0.1) is 11.3 Å². The molecule has 5 nitrogen and oxygen atoms in total. The summed E-state index contributed by atoms with van der Waals surface area (Å²) in [6, 6.07) is 2.16. The van der Waals surface area contributed by atoms with Crippen molar-refractivity contribution in [3.8, 4) is 6.07 Å². The molecule has 0 radical (unpaired) electrons. The normalized spacial score (nSPS) is 21.8. The lowest BCUT2D eigenvalue weighted by atomic mass is 10.0. The van der Waals surface area contributed by atoms with Crippen LogP contribution in [-0.4, -0.2) is 80.1 Å². The lowest BCUT2D eigenvalue weighted by Crippen LogP contribution is -2.49. The Balaban J connectivity index is 2.18. The van der Waals surface area contributed by atoms with Crippen LogP contribution in [0.1, 0.15) is 13.3 Å². The van der Waals surface area contributed by atoms with E-state index in [9.17, 15) is 0 Å². The van der Waals surface area contributed by atoms with Gasteiger partial charge in [-0.3, -0.25) is 4.90 Å². The molecule has 0 aromatic heterocycles. The summed E-state index contributed by atoms with van der Waals surface area (Å²) >= 11 is 0. The van der Waals surface area contributed by atoms with Gasteiger partial charge in [0.05, 0.1) is 6.07 Å². The number of likely N-dealkylation sites (N-methyl/N-ethyl adjacent to an activating group) is 1. The van der Waals surface area contributed by atoms with Gasteiger partial charge in [-0.1, -0.05) is 0 Å². The maximum atomic E-state index is 8.88. The molecular weight excluding hydrogens is 226 g/mol. The number of nitriles is 1. The number of hydrogen-bond acceptors (Lipinski definition) is 5. The largest absolute Gasteiger partial charge is 0.314 e. The molecule has 0 amide bonds. The summed E-state index contributed by atoms with van der Waals surface area (Å²) in [5.41, 5.74) is 5.16. The Morgan fingerprint density at radius 2 is 1.67 bits per heavy atom. The van der Waals surface area contributed by atoms with Crippen LogP contribution in [0.3, 0.4) is 0 Å². The van der Waals surface area contributed by atoms with Gasteiger partial charge in [-0.15, -0.1) is 0 Å². The van der Waals surface area contributed by atoms with E-state index in [-0.39, 0.29) is 0 Å². The van der Waals surface area contributed by atoms with Gasteiger partial charge in [0.1, 0.15) is 5.54 Å². The number of rotatable bonds is 6. The average Bonchev–Trinajstić information content (AvgIpc) is 2.35. The first-order valence-corrected chi connectivity index (χ1v) is 6.72. The fraction of sp³-hybridized carbons (Fsp3) is 0.923. The first-order valence-electron chi connectivity index (χ1n) is 6.72. The minimum atomic E-state index is -0.679. The van der Waals surface area contributed by atoms with E-state index in [2.05, 4.69) is 34.9 Å². The first kappa shape index (κ1) is 15.4. The molecule has 0 bridgehead atoms. The van der Waals surface area contributed by atoms with Crippen LogP contribution in [0.2, 0.25) is 0 Å². The highest BCUT2D eigenvalue weighted by Gasteiger charge is 2.21. The molecule has 0 aromatic carbocycles. The second-order valence-corrected chi connectivity index (χ2v) is 5.77. The van der Waals surface area contributed by atoms with E-state index in [1.54, 1.807) is 6.92 Å². The van der Waals surface area contributed by atoms with E-state index in [0.29, 0.717) is 0 Å². The maximum Gasteiger partial charge on any atom is 0.102 e. The van der Waals surface area contributed by atoms with Gasteiger partial charge in [0.25, 0.3) is 0 Å². The van der Waals surface area contributed by atoms with E-state index in [4.69, 9.17) is 11.0 Å². The average molecular weight is 253 g/mol. The molecule has 104 valence electrons. The highest BCUT2D eigenvalue weighted by atomic mass is 15.3. The SMILES string of the molecule is CN(C)CCN1CCN(CCC(C)(N)C#N)CC1. The Bertz CT molecular complexity index is 274. The van der Waals surface area contributed by atoms with Crippen molar-refractivity contribution in [3.63, 3.8) is 0 Å². The van der Waals surface area contributed by atoms with E-state index >= 15 is 0 Å². The number of nitrogens with two attached hydrogens (primary N) is 1. The molecule has 1 aliphatic rings. The van der Waals surface area contributed by atoms with Crippen molar-refractivity contribution in [2.45, 2.75) is 18.9 Å². The van der Waals surface area contributed by atoms with E-state index in [0.717, 1.165) is 52.2 Å². The molecule has 1 heterocycles. The molecule has 1 unspecified atom stereocenters. The zero-order chi connectivity index (χ0) is 13.6. The van der Waals surface area contributed by atoms with E-state index in [1.165, 1.54) is 0 Å². The molecule has 1 atom stereocenters. The Kier molecular flexibility index (Phi) is 6.03.